The fourth-order valence-corrected chi connectivity index (χ4v) is 3.09. The van der Waals surface area contributed by atoms with Crippen LogP contribution in [-0.2, 0) is 12.8 Å². The lowest BCUT2D eigenvalue weighted by atomic mass is 10.1. The van der Waals surface area contributed by atoms with Crippen molar-refractivity contribution in [1.29, 1.82) is 0 Å². The van der Waals surface area contributed by atoms with Crippen LogP contribution < -0.4 is 5.32 Å². The van der Waals surface area contributed by atoms with Gasteiger partial charge in [0.2, 0.25) is 0 Å². The van der Waals surface area contributed by atoms with Crippen LogP contribution in [0.25, 0.3) is 0 Å². The second-order valence-electron chi connectivity index (χ2n) is 5.22. The second kappa shape index (κ2) is 7.69. The maximum Gasteiger partial charge on any atom is 0.272 e. The highest BCUT2D eigenvalue weighted by Gasteiger charge is 2.22. The first-order chi connectivity index (χ1) is 9.76. The Morgan fingerprint density at radius 1 is 1.45 bits per heavy atom. The van der Waals surface area contributed by atoms with Gasteiger partial charge in [0.1, 0.15) is 0 Å². The van der Waals surface area contributed by atoms with E-state index in [1.54, 1.807) is 11.8 Å². The molecule has 0 aliphatic heterocycles. The topological polar surface area (TPSA) is 78.0 Å². The van der Waals surface area contributed by atoms with E-state index in [1.165, 1.54) is 6.42 Å². The number of aryl methyl sites for hydroxylation is 1. The number of fused-ring (bicyclic) bond motifs is 1. The van der Waals surface area contributed by atoms with Crippen LogP contribution in [0.15, 0.2) is 0 Å². The molecule has 0 saturated heterocycles. The number of rotatable bonds is 6. The summed E-state index contributed by atoms with van der Waals surface area (Å²) in [7, 11) is 0. The zero-order valence-electron chi connectivity index (χ0n) is 11.9. The maximum atomic E-state index is 12.3. The number of hydrogen-bond donors (Lipinski definition) is 3. The van der Waals surface area contributed by atoms with Crippen molar-refractivity contribution in [3.8, 4) is 0 Å². The maximum absolute atomic E-state index is 12.3. The van der Waals surface area contributed by atoms with Crippen LogP contribution in [-0.4, -0.2) is 45.9 Å². The highest BCUT2D eigenvalue weighted by atomic mass is 32.2. The summed E-state index contributed by atoms with van der Waals surface area (Å²) in [6, 6.07) is -0.187. The molecular weight excluding hydrogens is 274 g/mol. The molecular formula is C14H23N3O2S. The molecule has 0 aromatic carbocycles. The molecule has 0 unspecified atom stereocenters. The molecule has 0 saturated carbocycles. The van der Waals surface area contributed by atoms with E-state index in [0.29, 0.717) is 5.69 Å². The predicted molar refractivity (Wildman–Crippen MR) is 81.2 cm³/mol. The smallest absolute Gasteiger partial charge is 0.272 e. The molecule has 1 aromatic rings. The molecule has 20 heavy (non-hydrogen) atoms. The van der Waals surface area contributed by atoms with Crippen molar-refractivity contribution in [2.45, 2.75) is 44.6 Å². The first kappa shape index (κ1) is 15.4. The number of amides is 1. The van der Waals surface area contributed by atoms with Crippen molar-refractivity contribution in [1.82, 2.24) is 15.5 Å². The van der Waals surface area contributed by atoms with Crippen molar-refractivity contribution in [2.75, 3.05) is 18.6 Å². The number of aromatic nitrogens is 2. The van der Waals surface area contributed by atoms with Gasteiger partial charge < -0.3 is 10.4 Å². The lowest BCUT2D eigenvalue weighted by Crippen LogP contribution is -2.38. The first-order valence-corrected chi connectivity index (χ1v) is 8.62. The molecule has 0 fully saturated rings. The van der Waals surface area contributed by atoms with Crippen LogP contribution in [0.1, 0.15) is 47.4 Å². The summed E-state index contributed by atoms with van der Waals surface area (Å²) in [5, 5.41) is 19.4. The summed E-state index contributed by atoms with van der Waals surface area (Å²) in [6.45, 7) is -0.0289. The van der Waals surface area contributed by atoms with Gasteiger partial charge in [0.15, 0.2) is 5.69 Å². The number of aromatic amines is 1. The van der Waals surface area contributed by atoms with Crippen LogP contribution in [0.4, 0.5) is 0 Å². The van der Waals surface area contributed by atoms with E-state index in [2.05, 4.69) is 15.5 Å². The molecule has 1 amide bonds. The third-order valence-corrected chi connectivity index (χ3v) is 4.39. The van der Waals surface area contributed by atoms with Gasteiger partial charge in [-0.2, -0.15) is 16.9 Å². The molecule has 0 radical (unpaired) electrons. The van der Waals surface area contributed by atoms with Crippen LogP contribution in [0, 0.1) is 0 Å². The molecule has 1 aliphatic rings. The van der Waals surface area contributed by atoms with E-state index in [4.69, 9.17) is 0 Å². The van der Waals surface area contributed by atoms with Gasteiger partial charge in [-0.25, -0.2) is 0 Å². The Balaban J connectivity index is 2.03. The number of nitrogens with one attached hydrogen (secondary N) is 2. The van der Waals surface area contributed by atoms with E-state index in [0.717, 1.165) is 49.1 Å². The Morgan fingerprint density at radius 2 is 2.25 bits per heavy atom. The van der Waals surface area contributed by atoms with Crippen molar-refractivity contribution in [2.24, 2.45) is 0 Å². The predicted octanol–water partition coefficient (Wildman–Crippen LogP) is 1.52. The lowest BCUT2D eigenvalue weighted by Gasteiger charge is -2.15. The summed E-state index contributed by atoms with van der Waals surface area (Å²) in [5.41, 5.74) is 2.70. The van der Waals surface area contributed by atoms with E-state index < -0.39 is 0 Å². The van der Waals surface area contributed by atoms with E-state index in [1.807, 2.05) is 6.26 Å². The molecule has 6 heteroatoms. The van der Waals surface area contributed by atoms with Crippen LogP contribution in [0.2, 0.25) is 0 Å². The number of aliphatic hydroxyl groups is 1. The minimum atomic E-state index is -0.187. The summed E-state index contributed by atoms with van der Waals surface area (Å²) in [4.78, 5) is 12.3. The summed E-state index contributed by atoms with van der Waals surface area (Å²) in [5.74, 6) is 0.758. The lowest BCUT2D eigenvalue weighted by molar-refractivity contribution is 0.0909. The summed E-state index contributed by atoms with van der Waals surface area (Å²) in [6.07, 6.45) is 8.16. The van der Waals surface area contributed by atoms with Gasteiger partial charge in [-0.3, -0.25) is 9.89 Å². The van der Waals surface area contributed by atoms with Crippen molar-refractivity contribution >= 4 is 17.7 Å². The van der Waals surface area contributed by atoms with E-state index >= 15 is 0 Å². The van der Waals surface area contributed by atoms with Crippen LogP contribution >= 0.6 is 11.8 Å². The summed E-state index contributed by atoms with van der Waals surface area (Å²) < 4.78 is 0. The molecule has 3 N–H and O–H groups in total. The van der Waals surface area contributed by atoms with Crippen molar-refractivity contribution < 1.29 is 9.90 Å². The van der Waals surface area contributed by atoms with Gasteiger partial charge in [-0.15, -0.1) is 0 Å². The highest BCUT2D eigenvalue weighted by Crippen LogP contribution is 2.21. The number of thioether (sulfide) groups is 1. The molecule has 1 aromatic heterocycles. The zero-order valence-corrected chi connectivity index (χ0v) is 12.8. The van der Waals surface area contributed by atoms with Gasteiger partial charge in [-0.05, 0) is 44.1 Å². The Kier molecular flexibility index (Phi) is 5.91. The largest absolute Gasteiger partial charge is 0.394 e. The monoisotopic (exact) mass is 297 g/mol. The SMILES string of the molecule is CSCC[C@@H](CO)NC(=O)c1n[nH]c2c1CCCCC2. The van der Waals surface area contributed by atoms with Gasteiger partial charge in [-0.1, -0.05) is 6.42 Å². The van der Waals surface area contributed by atoms with Gasteiger partial charge in [0.25, 0.3) is 5.91 Å². The number of carbonyl (C=O) groups is 1. The third-order valence-electron chi connectivity index (χ3n) is 3.75. The van der Waals surface area contributed by atoms with Gasteiger partial charge in [0, 0.05) is 11.3 Å². The van der Waals surface area contributed by atoms with Gasteiger partial charge in [0.05, 0.1) is 12.6 Å². The number of H-pyrrole nitrogens is 1. The molecule has 0 spiro atoms. The number of nitrogens with zero attached hydrogens (tertiary/aromatic N) is 1. The quantitative estimate of drug-likeness (QED) is 0.696. The number of hydrogen-bond acceptors (Lipinski definition) is 4. The highest BCUT2D eigenvalue weighted by molar-refractivity contribution is 7.98. The molecule has 112 valence electrons. The molecule has 0 bridgehead atoms. The molecule has 1 aliphatic carbocycles. The number of aliphatic hydroxyl groups excluding tert-OH is 1. The Labute approximate surface area is 123 Å². The molecule has 1 heterocycles. The van der Waals surface area contributed by atoms with Crippen molar-refractivity contribution in [3.05, 3.63) is 17.0 Å². The van der Waals surface area contributed by atoms with E-state index in [-0.39, 0.29) is 18.6 Å². The van der Waals surface area contributed by atoms with E-state index in [9.17, 15) is 9.90 Å². The standard InChI is InChI=1S/C14H23N3O2S/c1-20-8-7-10(9-18)15-14(19)13-11-5-3-2-4-6-12(11)16-17-13/h10,18H,2-9H2,1H3,(H,15,19)(H,16,17)/t10-/m0/s1. The zero-order chi connectivity index (χ0) is 14.4. The molecule has 2 rings (SSSR count). The Morgan fingerprint density at radius 3 is 3.00 bits per heavy atom. The first-order valence-electron chi connectivity index (χ1n) is 7.23. The average molecular weight is 297 g/mol. The van der Waals surface area contributed by atoms with Crippen LogP contribution in [0.3, 0.4) is 0 Å². The minimum absolute atomic E-state index is 0.0289. The Hall–Kier alpha value is -1.01. The van der Waals surface area contributed by atoms with Crippen molar-refractivity contribution in [3.63, 3.8) is 0 Å². The second-order valence-corrected chi connectivity index (χ2v) is 6.21. The minimum Gasteiger partial charge on any atom is -0.394 e. The molecule has 1 atom stereocenters. The normalized spacial score (nSPS) is 16.3. The average Bonchev–Trinajstić information content (AvgIpc) is 2.72. The summed E-state index contributed by atoms with van der Waals surface area (Å²) >= 11 is 1.71. The van der Waals surface area contributed by atoms with Gasteiger partial charge >= 0.3 is 0 Å². The fraction of sp³-hybridized carbons (Fsp3) is 0.714. The fourth-order valence-electron chi connectivity index (χ4n) is 2.57. The Bertz CT molecular complexity index is 448. The number of carbonyl (C=O) groups excluding carboxylic acids is 1. The third kappa shape index (κ3) is 3.76. The van der Waals surface area contributed by atoms with Crippen LogP contribution in [0.5, 0.6) is 0 Å². The molecule has 5 nitrogen and oxygen atoms in total.